The number of ether oxygens (including phenoxy) is 2. The lowest BCUT2D eigenvalue weighted by atomic mass is 9.85. The van der Waals surface area contributed by atoms with Gasteiger partial charge in [-0.15, -0.1) is 0 Å². The van der Waals surface area contributed by atoms with Crippen LogP contribution < -0.4 is 11.1 Å². The maximum Gasteiger partial charge on any atom is 0.307 e. The molecule has 1 aromatic carbocycles. The molecule has 3 amide bonds. The van der Waals surface area contributed by atoms with E-state index in [1.807, 2.05) is 83.8 Å². The van der Waals surface area contributed by atoms with Crippen LogP contribution in [0.5, 0.6) is 0 Å². The Hall–Kier alpha value is -3.39. The van der Waals surface area contributed by atoms with Gasteiger partial charge in [-0.3, -0.25) is 28.9 Å². The number of nitrogens with one attached hydrogen (secondary N) is 1. The van der Waals surface area contributed by atoms with Gasteiger partial charge in [0.05, 0.1) is 42.7 Å². The summed E-state index contributed by atoms with van der Waals surface area (Å²) in [4.78, 5) is 73.9. The van der Waals surface area contributed by atoms with Crippen molar-refractivity contribution in [2.24, 2.45) is 41.2 Å². The van der Waals surface area contributed by atoms with Crippen molar-refractivity contribution in [3.05, 3.63) is 35.9 Å². The third-order valence-electron chi connectivity index (χ3n) is 12.4. The largest absolute Gasteiger partial charge is 0.481 e. The van der Waals surface area contributed by atoms with Crippen LogP contribution in [0.15, 0.2) is 30.3 Å². The molecule has 1 saturated heterocycles. The number of likely N-dealkylation sites (N-methyl/N-ethyl adjacent to an activating group) is 2. The molecule has 13 heteroatoms. The number of aliphatic carboxylic acids is 1. The second-order valence-electron chi connectivity index (χ2n) is 17.8. The Labute approximate surface area is 349 Å². The average molecular weight is 816 g/mol. The lowest BCUT2D eigenvalue weighted by Gasteiger charge is -2.41. The highest BCUT2D eigenvalue weighted by atomic mass is 16.5. The van der Waals surface area contributed by atoms with E-state index in [2.05, 4.69) is 19.2 Å². The molecule has 0 unspecified atom stereocenters. The molecule has 1 aromatic rings. The topological polar surface area (TPSA) is 172 Å². The van der Waals surface area contributed by atoms with E-state index in [1.54, 1.807) is 30.9 Å². The van der Waals surface area contributed by atoms with Crippen LogP contribution in [0.1, 0.15) is 100.0 Å². The first-order chi connectivity index (χ1) is 27.2. The van der Waals surface area contributed by atoms with Gasteiger partial charge < -0.3 is 35.4 Å². The standard InChI is InChI=1S/C45H77N5O8/c1-14-30(8)41(49(11)44(54)39(28(4)5)47-43(53)40(29(6)7)48(10)26-34(46)27(2)3)37(57-12)25-38(52)50-22-18-21-35(50)42(58-13)31(9)36(51)24-33(45(55)56)23-32-19-16-15-17-20-32/h15-17,19-20,27-31,33-35,37,39-42H,14,18,21-26,46H2,1-13H3,(H,47,53)(H,55,56)/t30-,31-,33+,34+,35-,37+,39-,40-,41-,42+/m0/s1. The fourth-order valence-electron chi connectivity index (χ4n) is 8.55. The Morgan fingerprint density at radius 2 is 1.53 bits per heavy atom. The van der Waals surface area contributed by atoms with Crippen LogP contribution in [0.25, 0.3) is 0 Å². The summed E-state index contributed by atoms with van der Waals surface area (Å²) in [6.45, 7) is 18.7. The van der Waals surface area contributed by atoms with Crippen LogP contribution in [0.4, 0.5) is 0 Å². The number of hydrogen-bond donors (Lipinski definition) is 3. The highest BCUT2D eigenvalue weighted by molar-refractivity contribution is 5.90. The van der Waals surface area contributed by atoms with Crippen molar-refractivity contribution in [3.8, 4) is 0 Å². The quantitative estimate of drug-likeness (QED) is 0.124. The monoisotopic (exact) mass is 816 g/mol. The predicted octanol–water partition coefficient (Wildman–Crippen LogP) is 4.89. The van der Waals surface area contributed by atoms with Crippen LogP contribution >= 0.6 is 0 Å². The molecule has 13 nitrogen and oxygen atoms in total. The maximum absolute atomic E-state index is 14.5. The van der Waals surface area contributed by atoms with Gasteiger partial charge in [0.25, 0.3) is 0 Å². The second kappa shape index (κ2) is 24.0. The van der Waals surface area contributed by atoms with Crippen molar-refractivity contribution in [1.29, 1.82) is 0 Å². The van der Waals surface area contributed by atoms with Gasteiger partial charge in [0.1, 0.15) is 11.8 Å². The number of carbonyl (C=O) groups is 5. The van der Waals surface area contributed by atoms with E-state index in [-0.39, 0.29) is 72.5 Å². The number of ketones is 1. The molecule has 0 spiro atoms. The van der Waals surface area contributed by atoms with Crippen molar-refractivity contribution in [3.63, 3.8) is 0 Å². The summed E-state index contributed by atoms with van der Waals surface area (Å²) < 4.78 is 12.0. The first kappa shape index (κ1) is 50.8. The summed E-state index contributed by atoms with van der Waals surface area (Å²) in [5, 5.41) is 13.1. The third-order valence-corrected chi connectivity index (χ3v) is 12.4. The van der Waals surface area contributed by atoms with Gasteiger partial charge in [-0.1, -0.05) is 99.1 Å². The summed E-state index contributed by atoms with van der Waals surface area (Å²) in [7, 11) is 6.69. The zero-order valence-electron chi connectivity index (χ0n) is 37.8. The highest BCUT2D eigenvalue weighted by Gasteiger charge is 2.43. The Morgan fingerprint density at radius 1 is 0.914 bits per heavy atom. The van der Waals surface area contributed by atoms with Gasteiger partial charge in [0.15, 0.2) is 0 Å². The zero-order chi connectivity index (χ0) is 44.0. The van der Waals surface area contributed by atoms with Crippen LogP contribution in [-0.4, -0.2) is 133 Å². The van der Waals surface area contributed by atoms with Gasteiger partial charge >= 0.3 is 5.97 Å². The molecule has 0 bridgehead atoms. The molecule has 0 radical (unpaired) electrons. The van der Waals surface area contributed by atoms with Gasteiger partial charge in [-0.25, -0.2) is 0 Å². The van der Waals surface area contributed by atoms with Crippen LogP contribution in [-0.2, 0) is 39.9 Å². The van der Waals surface area contributed by atoms with Gasteiger partial charge in [0.2, 0.25) is 17.7 Å². The Balaban J connectivity index is 2.29. The van der Waals surface area contributed by atoms with Gasteiger partial charge in [0, 0.05) is 52.7 Å². The third kappa shape index (κ3) is 13.8. The van der Waals surface area contributed by atoms with E-state index < -0.39 is 54.2 Å². The molecule has 0 saturated carbocycles. The normalized spacial score (nSPS) is 19.3. The van der Waals surface area contributed by atoms with E-state index in [0.29, 0.717) is 25.9 Å². The highest BCUT2D eigenvalue weighted by Crippen LogP contribution is 2.31. The Morgan fingerprint density at radius 3 is 2.03 bits per heavy atom. The minimum absolute atomic E-state index is 0.00835. The lowest BCUT2D eigenvalue weighted by Crippen LogP contribution is -2.60. The Kier molecular flexibility index (Phi) is 21.0. The summed E-state index contributed by atoms with van der Waals surface area (Å²) in [6, 6.07) is 6.95. The van der Waals surface area contributed by atoms with Crippen molar-refractivity contribution in [1.82, 2.24) is 20.0 Å². The minimum atomic E-state index is -1.03. The lowest BCUT2D eigenvalue weighted by molar-refractivity contribution is -0.148. The summed E-state index contributed by atoms with van der Waals surface area (Å²) in [5.74, 6) is -3.52. The molecular weight excluding hydrogens is 739 g/mol. The van der Waals surface area contributed by atoms with Crippen LogP contribution in [0, 0.1) is 35.5 Å². The van der Waals surface area contributed by atoms with E-state index in [9.17, 15) is 29.1 Å². The van der Waals surface area contributed by atoms with Crippen molar-refractivity contribution >= 4 is 29.5 Å². The molecule has 1 fully saturated rings. The first-order valence-electron chi connectivity index (χ1n) is 21.4. The number of carboxylic acids is 1. The number of Topliss-reactive ketones (excluding diaryl/α,β-unsaturated/α-hetero) is 1. The summed E-state index contributed by atoms with van der Waals surface area (Å²) in [6.07, 6.45) is 0.850. The molecule has 1 aliphatic rings. The molecular formula is C45H77N5O8. The zero-order valence-corrected chi connectivity index (χ0v) is 37.8. The smallest absolute Gasteiger partial charge is 0.307 e. The molecule has 330 valence electrons. The van der Waals surface area contributed by atoms with Gasteiger partial charge in [-0.05, 0) is 55.5 Å². The second-order valence-corrected chi connectivity index (χ2v) is 17.8. The molecule has 10 atom stereocenters. The van der Waals surface area contributed by atoms with Crippen LogP contribution in [0.3, 0.4) is 0 Å². The molecule has 2 rings (SSSR count). The Bertz CT molecular complexity index is 1460. The number of nitrogens with two attached hydrogens (primary N) is 1. The average Bonchev–Trinajstić information content (AvgIpc) is 3.65. The minimum Gasteiger partial charge on any atom is -0.481 e. The van der Waals surface area contributed by atoms with E-state index >= 15 is 0 Å². The predicted molar refractivity (Wildman–Crippen MR) is 228 cm³/mol. The molecule has 1 aliphatic heterocycles. The molecule has 0 aromatic heterocycles. The van der Waals surface area contributed by atoms with E-state index in [1.165, 1.54) is 7.11 Å². The number of rotatable bonds is 25. The number of amides is 3. The number of likely N-dealkylation sites (tertiary alicyclic amines) is 1. The number of carbonyl (C=O) groups excluding carboxylic acids is 4. The van der Waals surface area contributed by atoms with Crippen molar-refractivity contribution in [2.75, 3.05) is 41.4 Å². The van der Waals surface area contributed by atoms with E-state index in [0.717, 1.165) is 12.0 Å². The molecule has 0 aliphatic carbocycles. The van der Waals surface area contributed by atoms with Gasteiger partial charge in [-0.2, -0.15) is 0 Å². The number of methoxy groups -OCH3 is 2. The number of hydrogen-bond acceptors (Lipinski definition) is 9. The number of carboxylic acid groups (broad SMARTS) is 1. The summed E-state index contributed by atoms with van der Waals surface area (Å²) in [5.41, 5.74) is 7.22. The SMILES string of the molecule is CC[C@H](C)[C@@H]([C@@H](CC(=O)N1CCC[C@H]1[C@H](OC)[C@@H](C)C(=O)C[C@@H](Cc1ccccc1)C(=O)O)OC)N(C)C(=O)[C@@H](NC(=O)[C@H](C(C)C)N(C)C[C@@H](N)C(C)C)C(C)C. The van der Waals surface area contributed by atoms with Crippen molar-refractivity contribution in [2.45, 2.75) is 143 Å². The molecule has 58 heavy (non-hydrogen) atoms. The van der Waals surface area contributed by atoms with Crippen molar-refractivity contribution < 1.29 is 38.6 Å². The maximum atomic E-state index is 14.5. The fraction of sp³-hybridized carbons (Fsp3) is 0.756. The molecule has 4 N–H and O–H groups in total. The number of benzene rings is 1. The van der Waals surface area contributed by atoms with E-state index in [4.69, 9.17) is 15.2 Å². The molecule has 1 heterocycles. The first-order valence-corrected chi connectivity index (χ1v) is 21.4. The summed E-state index contributed by atoms with van der Waals surface area (Å²) >= 11 is 0. The fourth-order valence-corrected chi connectivity index (χ4v) is 8.55. The van der Waals surface area contributed by atoms with Crippen LogP contribution in [0.2, 0.25) is 0 Å². The number of nitrogens with zero attached hydrogens (tertiary/aromatic N) is 3.